The lowest BCUT2D eigenvalue weighted by atomic mass is 10.0. The van der Waals surface area contributed by atoms with E-state index in [9.17, 15) is 9.59 Å². The molecule has 2 aromatic carbocycles. The van der Waals surface area contributed by atoms with Crippen molar-refractivity contribution in [1.29, 1.82) is 0 Å². The predicted octanol–water partition coefficient (Wildman–Crippen LogP) is 3.47. The molecule has 1 atom stereocenters. The molecule has 1 unspecified atom stereocenters. The molecule has 0 bridgehead atoms. The number of hydrogen-bond acceptors (Lipinski definition) is 3. The number of carbonyl (C=O) groups excluding carboxylic acids is 1. The zero-order valence-corrected chi connectivity index (χ0v) is 18.5. The third kappa shape index (κ3) is 4.59. The Morgan fingerprint density at radius 1 is 1.00 bits per heavy atom. The lowest BCUT2D eigenvalue weighted by Gasteiger charge is -2.28. The largest absolute Gasteiger partial charge is 0.354 e. The van der Waals surface area contributed by atoms with E-state index in [1.54, 1.807) is 9.13 Å². The normalized spacial score (nSPS) is 15.4. The zero-order valence-electron chi connectivity index (χ0n) is 18.5. The molecule has 4 rings (SSSR count). The molecule has 164 valence electrons. The Hall–Kier alpha value is -2.86. The summed E-state index contributed by atoms with van der Waals surface area (Å²) >= 11 is 0. The van der Waals surface area contributed by atoms with E-state index < -0.39 is 0 Å². The number of hydrogen-bond donors (Lipinski definition) is 1. The molecule has 0 aliphatic carbocycles. The number of nitrogens with zero attached hydrogens (tertiary/aromatic N) is 3. The van der Waals surface area contributed by atoms with Gasteiger partial charge >= 0.3 is 5.69 Å². The van der Waals surface area contributed by atoms with Crippen molar-refractivity contribution in [1.82, 2.24) is 19.4 Å². The number of imidazole rings is 1. The van der Waals surface area contributed by atoms with Gasteiger partial charge in [0.25, 0.3) is 0 Å². The monoisotopic (exact) mass is 420 g/mol. The summed E-state index contributed by atoms with van der Waals surface area (Å²) in [6.45, 7) is 7.79. The van der Waals surface area contributed by atoms with Gasteiger partial charge in [-0.05, 0) is 57.5 Å². The van der Waals surface area contributed by atoms with E-state index in [1.807, 2.05) is 31.2 Å². The molecule has 1 amide bonds. The number of para-hydroxylation sites is 2. The van der Waals surface area contributed by atoms with Crippen LogP contribution in [-0.2, 0) is 17.9 Å². The highest BCUT2D eigenvalue weighted by Gasteiger charge is 2.24. The van der Waals surface area contributed by atoms with Crippen molar-refractivity contribution >= 4 is 16.9 Å². The summed E-state index contributed by atoms with van der Waals surface area (Å²) in [5.41, 5.74) is 4.24. The zero-order chi connectivity index (χ0) is 21.8. The Morgan fingerprint density at radius 2 is 1.65 bits per heavy atom. The number of fused-ring (bicyclic) bond motifs is 1. The molecule has 1 saturated heterocycles. The molecule has 1 aromatic heterocycles. The van der Waals surface area contributed by atoms with Gasteiger partial charge in [-0.2, -0.15) is 0 Å². The predicted molar refractivity (Wildman–Crippen MR) is 124 cm³/mol. The van der Waals surface area contributed by atoms with E-state index >= 15 is 0 Å². The molecule has 0 radical (unpaired) electrons. The fourth-order valence-corrected chi connectivity index (χ4v) is 4.61. The fourth-order valence-electron chi connectivity index (χ4n) is 4.61. The van der Waals surface area contributed by atoms with Crippen LogP contribution in [-0.4, -0.2) is 39.6 Å². The number of benzene rings is 2. The summed E-state index contributed by atoms with van der Waals surface area (Å²) < 4.78 is 3.48. The van der Waals surface area contributed by atoms with E-state index in [4.69, 9.17) is 0 Å². The first-order chi connectivity index (χ1) is 15.1. The molecule has 1 aliphatic heterocycles. The van der Waals surface area contributed by atoms with E-state index in [1.165, 1.54) is 24.0 Å². The minimum atomic E-state index is -0.0499. The summed E-state index contributed by atoms with van der Waals surface area (Å²) in [6.07, 6.45) is 2.71. The van der Waals surface area contributed by atoms with Crippen LogP contribution in [0, 0.1) is 6.92 Å². The van der Waals surface area contributed by atoms with Crippen LogP contribution in [0.15, 0.2) is 53.3 Å². The highest BCUT2D eigenvalue weighted by Crippen LogP contribution is 2.25. The number of nitrogens with one attached hydrogen (secondary N) is 1. The third-order valence-corrected chi connectivity index (χ3v) is 6.34. The molecule has 3 aromatic rings. The molecule has 1 N–H and O–H groups in total. The molecule has 6 nitrogen and oxygen atoms in total. The summed E-state index contributed by atoms with van der Waals surface area (Å²) in [5.74, 6) is -0.0171. The number of carbonyl (C=O) groups is 1. The lowest BCUT2D eigenvalue weighted by molar-refractivity contribution is -0.121. The van der Waals surface area contributed by atoms with Crippen LogP contribution in [0.3, 0.4) is 0 Å². The van der Waals surface area contributed by atoms with Crippen molar-refractivity contribution in [2.24, 2.45) is 0 Å². The lowest BCUT2D eigenvalue weighted by Crippen LogP contribution is -2.37. The van der Waals surface area contributed by atoms with Crippen LogP contribution in [0.5, 0.6) is 0 Å². The van der Waals surface area contributed by atoms with Crippen LogP contribution in [0.2, 0.25) is 0 Å². The number of rotatable bonds is 8. The molecule has 1 fully saturated rings. The van der Waals surface area contributed by atoms with Gasteiger partial charge in [0.15, 0.2) is 0 Å². The maximum absolute atomic E-state index is 12.8. The molecular weight excluding hydrogens is 388 g/mol. The van der Waals surface area contributed by atoms with Crippen molar-refractivity contribution in [3.05, 3.63) is 70.1 Å². The smallest absolute Gasteiger partial charge is 0.329 e. The number of aromatic nitrogens is 2. The Kier molecular flexibility index (Phi) is 6.56. The summed E-state index contributed by atoms with van der Waals surface area (Å²) in [6, 6.07) is 16.6. The van der Waals surface area contributed by atoms with Crippen molar-refractivity contribution < 1.29 is 4.79 Å². The Bertz CT molecular complexity index is 1090. The maximum Gasteiger partial charge on any atom is 0.329 e. The van der Waals surface area contributed by atoms with Gasteiger partial charge in [0.1, 0.15) is 0 Å². The molecule has 6 heteroatoms. The van der Waals surface area contributed by atoms with Gasteiger partial charge in [-0.25, -0.2) is 4.79 Å². The van der Waals surface area contributed by atoms with Crippen LogP contribution < -0.4 is 11.0 Å². The number of amides is 1. The standard InChI is InChI=1S/C25H32N4O2/c1-3-28-21-8-4-5-9-22(21)29(25(28)31)17-14-24(30)26-18-23(27-15-6-7-16-27)20-12-10-19(2)11-13-20/h4-5,8-13,23H,3,6-7,14-18H2,1-2H3,(H,26,30). The summed E-state index contributed by atoms with van der Waals surface area (Å²) in [5, 5.41) is 3.13. The van der Waals surface area contributed by atoms with Crippen LogP contribution in [0.25, 0.3) is 11.0 Å². The van der Waals surface area contributed by atoms with Crippen LogP contribution in [0.4, 0.5) is 0 Å². The van der Waals surface area contributed by atoms with Gasteiger partial charge in [-0.3, -0.25) is 18.8 Å². The van der Waals surface area contributed by atoms with Crippen LogP contribution in [0.1, 0.15) is 43.4 Å². The van der Waals surface area contributed by atoms with E-state index in [0.29, 0.717) is 19.6 Å². The second kappa shape index (κ2) is 9.52. The Morgan fingerprint density at radius 3 is 2.29 bits per heavy atom. The molecular formula is C25H32N4O2. The van der Waals surface area contributed by atoms with Crippen LogP contribution >= 0.6 is 0 Å². The quantitative estimate of drug-likeness (QED) is 0.607. The van der Waals surface area contributed by atoms with Gasteiger partial charge in [-0.1, -0.05) is 42.0 Å². The summed E-state index contributed by atoms with van der Waals surface area (Å²) in [4.78, 5) is 27.9. The van der Waals surface area contributed by atoms with Gasteiger partial charge in [0.2, 0.25) is 5.91 Å². The SMILES string of the molecule is CCn1c(=O)n(CCC(=O)NCC(c2ccc(C)cc2)N2CCCC2)c2ccccc21. The third-order valence-electron chi connectivity index (χ3n) is 6.34. The first-order valence-corrected chi connectivity index (χ1v) is 11.3. The molecule has 31 heavy (non-hydrogen) atoms. The fraction of sp³-hybridized carbons (Fsp3) is 0.440. The molecule has 0 saturated carbocycles. The van der Waals surface area contributed by atoms with Gasteiger partial charge in [0, 0.05) is 26.1 Å². The second-order valence-corrected chi connectivity index (χ2v) is 8.39. The Balaban J connectivity index is 1.42. The average Bonchev–Trinajstić information content (AvgIpc) is 3.40. The maximum atomic E-state index is 12.8. The van der Waals surface area contributed by atoms with Gasteiger partial charge in [0.05, 0.1) is 17.1 Å². The van der Waals surface area contributed by atoms with Crippen molar-refractivity contribution in [2.75, 3.05) is 19.6 Å². The highest BCUT2D eigenvalue weighted by molar-refractivity contribution is 5.78. The molecule has 2 heterocycles. The summed E-state index contributed by atoms with van der Waals surface area (Å²) in [7, 11) is 0. The highest BCUT2D eigenvalue weighted by atomic mass is 16.2. The topological polar surface area (TPSA) is 59.3 Å². The number of likely N-dealkylation sites (tertiary alicyclic amines) is 1. The van der Waals surface area contributed by atoms with Crippen molar-refractivity contribution in [3.8, 4) is 0 Å². The van der Waals surface area contributed by atoms with E-state index in [2.05, 4.69) is 41.4 Å². The number of aryl methyl sites for hydroxylation is 3. The first-order valence-electron chi connectivity index (χ1n) is 11.3. The van der Waals surface area contributed by atoms with Gasteiger partial charge < -0.3 is 5.32 Å². The first kappa shape index (κ1) is 21.4. The average molecular weight is 421 g/mol. The second-order valence-electron chi connectivity index (χ2n) is 8.39. The molecule has 1 aliphatic rings. The minimum absolute atomic E-state index is 0.0171. The van der Waals surface area contributed by atoms with E-state index in [-0.39, 0.29) is 24.1 Å². The minimum Gasteiger partial charge on any atom is -0.354 e. The van der Waals surface area contributed by atoms with Gasteiger partial charge in [-0.15, -0.1) is 0 Å². The van der Waals surface area contributed by atoms with Crippen molar-refractivity contribution in [3.63, 3.8) is 0 Å². The Labute approximate surface area is 183 Å². The van der Waals surface area contributed by atoms with E-state index in [0.717, 1.165) is 24.1 Å². The van der Waals surface area contributed by atoms with Crippen molar-refractivity contribution in [2.45, 2.75) is 52.2 Å². The molecule has 0 spiro atoms.